The van der Waals surface area contributed by atoms with Crippen LogP contribution < -0.4 is 5.73 Å². The molecule has 0 amide bonds. The van der Waals surface area contributed by atoms with Crippen LogP contribution in [0.5, 0.6) is 0 Å². The Morgan fingerprint density at radius 2 is 2.25 bits per heavy atom. The van der Waals surface area contributed by atoms with E-state index in [4.69, 9.17) is 5.73 Å². The van der Waals surface area contributed by atoms with E-state index in [1.807, 2.05) is 36.3 Å². The maximum Gasteiger partial charge on any atom is 0.162 e. The molecule has 0 bridgehead atoms. The number of rotatable bonds is 7. The summed E-state index contributed by atoms with van der Waals surface area (Å²) in [4.78, 5) is 15.7. The van der Waals surface area contributed by atoms with Gasteiger partial charge in [-0.05, 0) is 19.4 Å². The number of fused-ring (bicyclic) bond motifs is 1. The van der Waals surface area contributed by atoms with Crippen molar-refractivity contribution in [2.45, 2.75) is 39.7 Å². The number of nitrogens with zero attached hydrogens (tertiary/aromatic N) is 7. The van der Waals surface area contributed by atoms with Crippen LogP contribution in [0.4, 0.5) is 0 Å². The van der Waals surface area contributed by atoms with Crippen molar-refractivity contribution < 1.29 is 0 Å². The summed E-state index contributed by atoms with van der Waals surface area (Å²) in [6.45, 7) is 5.09. The van der Waals surface area contributed by atoms with Gasteiger partial charge in [0, 0.05) is 24.4 Å². The van der Waals surface area contributed by atoms with E-state index < -0.39 is 0 Å². The Balaban J connectivity index is 1.90. The lowest BCUT2D eigenvalue weighted by atomic mass is 10.1. The summed E-state index contributed by atoms with van der Waals surface area (Å²) in [7, 11) is 0. The Kier molecular flexibility index (Phi) is 6.17. The van der Waals surface area contributed by atoms with Gasteiger partial charge < -0.3 is 10.6 Å². The van der Waals surface area contributed by atoms with E-state index in [0.29, 0.717) is 25.2 Å². The minimum Gasteiger partial charge on any atom is -0.403 e. The van der Waals surface area contributed by atoms with E-state index in [1.165, 1.54) is 6.20 Å². The number of aryl methyl sites for hydroxylation is 2. The lowest BCUT2D eigenvalue weighted by molar-refractivity contribution is 0.390. The van der Waals surface area contributed by atoms with Gasteiger partial charge in [-0.25, -0.2) is 19.5 Å². The molecule has 1 aliphatic rings. The van der Waals surface area contributed by atoms with Gasteiger partial charge in [0.2, 0.25) is 0 Å². The average molecular weight is 376 g/mol. The molecule has 0 spiro atoms. The quantitative estimate of drug-likeness (QED) is 0.795. The number of allylic oxidation sites excluding steroid dienone is 3. The monoisotopic (exact) mass is 376 g/mol. The van der Waals surface area contributed by atoms with Crippen molar-refractivity contribution in [2.75, 3.05) is 6.54 Å². The van der Waals surface area contributed by atoms with Crippen LogP contribution >= 0.6 is 0 Å². The molecular formula is C20H24N8. The molecule has 8 nitrogen and oxygen atoms in total. The van der Waals surface area contributed by atoms with Crippen LogP contribution in [0.2, 0.25) is 0 Å². The molecule has 0 saturated carbocycles. The van der Waals surface area contributed by atoms with Crippen molar-refractivity contribution in [3.63, 3.8) is 0 Å². The molecule has 8 heteroatoms. The van der Waals surface area contributed by atoms with Gasteiger partial charge >= 0.3 is 0 Å². The Morgan fingerprint density at radius 1 is 1.39 bits per heavy atom. The summed E-state index contributed by atoms with van der Waals surface area (Å²) >= 11 is 0. The number of hydrogen-bond donors (Lipinski definition) is 1. The van der Waals surface area contributed by atoms with E-state index in [9.17, 15) is 5.26 Å². The summed E-state index contributed by atoms with van der Waals surface area (Å²) < 4.78 is 1.73. The molecule has 3 heterocycles. The second kappa shape index (κ2) is 8.95. The van der Waals surface area contributed by atoms with Gasteiger partial charge in [0.1, 0.15) is 23.9 Å². The topological polar surface area (TPSA) is 108 Å². The number of nitrogens with two attached hydrogens (primary N) is 1. The van der Waals surface area contributed by atoms with Gasteiger partial charge in [-0.3, -0.25) is 0 Å². The maximum absolute atomic E-state index is 9.19. The minimum absolute atomic E-state index is 0.502. The smallest absolute Gasteiger partial charge is 0.162 e. The Hall–Kier alpha value is -3.47. The molecule has 0 fully saturated rings. The van der Waals surface area contributed by atoms with Crippen molar-refractivity contribution in [3.05, 3.63) is 59.7 Å². The molecule has 3 rings (SSSR count). The summed E-state index contributed by atoms with van der Waals surface area (Å²) in [6.07, 6.45) is 13.2. The highest BCUT2D eigenvalue weighted by molar-refractivity contribution is 6.00. The number of aliphatic imine (C=N–C) groups is 1. The first-order valence-electron chi connectivity index (χ1n) is 9.30. The minimum atomic E-state index is 0.502. The van der Waals surface area contributed by atoms with Crippen LogP contribution in [0.3, 0.4) is 0 Å². The molecule has 0 unspecified atom stereocenters. The third kappa shape index (κ3) is 4.43. The zero-order valence-electron chi connectivity index (χ0n) is 16.2. The van der Waals surface area contributed by atoms with Gasteiger partial charge in [-0.1, -0.05) is 25.5 Å². The predicted molar refractivity (Wildman–Crippen MR) is 108 cm³/mol. The van der Waals surface area contributed by atoms with Crippen molar-refractivity contribution in [2.24, 2.45) is 10.7 Å². The summed E-state index contributed by atoms with van der Waals surface area (Å²) in [6, 6.07) is 2.14. The Labute approximate surface area is 164 Å². The van der Waals surface area contributed by atoms with Crippen LogP contribution in [0, 0.1) is 18.3 Å². The van der Waals surface area contributed by atoms with Gasteiger partial charge in [0.25, 0.3) is 0 Å². The highest BCUT2D eigenvalue weighted by atomic mass is 15.3. The zero-order chi connectivity index (χ0) is 19.9. The van der Waals surface area contributed by atoms with Gasteiger partial charge in [0.15, 0.2) is 5.65 Å². The molecular weight excluding hydrogens is 352 g/mol. The standard InChI is InChI=1S/C20H24N8/c1-3-6-18-19(23-14-28-20(18)24-15(2)26-28)13-27(10-9-21)12-17-8-5-4-7-16(11-22)25-17/h4-5,8-10,14H,3,6-7,12-13,21H2,1-2H3/b10-9-. The molecule has 0 saturated heterocycles. The van der Waals surface area contributed by atoms with E-state index in [0.717, 1.165) is 41.3 Å². The molecule has 2 aromatic heterocycles. The van der Waals surface area contributed by atoms with Crippen LogP contribution in [0.15, 0.2) is 47.6 Å². The molecule has 2 N–H and O–H groups in total. The zero-order valence-corrected chi connectivity index (χ0v) is 16.2. The van der Waals surface area contributed by atoms with Crippen LogP contribution in [-0.2, 0) is 13.0 Å². The number of nitriles is 1. The number of aromatic nitrogens is 4. The van der Waals surface area contributed by atoms with Crippen molar-refractivity contribution in [3.8, 4) is 6.07 Å². The second-order valence-electron chi connectivity index (χ2n) is 6.55. The first-order chi connectivity index (χ1) is 13.6. The third-order valence-corrected chi connectivity index (χ3v) is 4.34. The molecule has 1 aliphatic heterocycles. The van der Waals surface area contributed by atoms with Gasteiger partial charge in [-0.15, -0.1) is 0 Å². The molecule has 0 radical (unpaired) electrons. The SMILES string of the molecule is CCCc1c(CN(/C=C\N)CC2=CC=CCC(C#N)=N2)ncn2nc(C)nc12. The average Bonchev–Trinajstić information content (AvgIpc) is 2.91. The van der Waals surface area contributed by atoms with Crippen LogP contribution in [0.25, 0.3) is 5.65 Å². The van der Waals surface area contributed by atoms with E-state index in [1.54, 1.807) is 10.8 Å². The summed E-state index contributed by atoms with van der Waals surface area (Å²) in [5.41, 5.74) is 9.86. The van der Waals surface area contributed by atoms with E-state index >= 15 is 0 Å². The van der Waals surface area contributed by atoms with E-state index in [2.05, 4.69) is 33.1 Å². The molecule has 0 aromatic carbocycles. The fourth-order valence-corrected chi connectivity index (χ4v) is 3.15. The highest BCUT2D eigenvalue weighted by Crippen LogP contribution is 2.18. The molecule has 0 atom stereocenters. The predicted octanol–water partition coefficient (Wildman–Crippen LogP) is 2.43. The van der Waals surface area contributed by atoms with Crippen LogP contribution in [-0.4, -0.2) is 36.7 Å². The largest absolute Gasteiger partial charge is 0.403 e. The fourth-order valence-electron chi connectivity index (χ4n) is 3.15. The summed E-state index contributed by atoms with van der Waals surface area (Å²) in [5, 5.41) is 13.6. The summed E-state index contributed by atoms with van der Waals surface area (Å²) in [5.74, 6) is 0.726. The lowest BCUT2D eigenvalue weighted by Gasteiger charge is -2.21. The van der Waals surface area contributed by atoms with E-state index in [-0.39, 0.29) is 0 Å². The fraction of sp³-hybridized carbons (Fsp3) is 0.350. The molecule has 0 aliphatic carbocycles. The highest BCUT2D eigenvalue weighted by Gasteiger charge is 2.15. The van der Waals surface area contributed by atoms with Crippen molar-refractivity contribution in [1.82, 2.24) is 24.5 Å². The van der Waals surface area contributed by atoms with Crippen molar-refractivity contribution in [1.29, 1.82) is 5.26 Å². The van der Waals surface area contributed by atoms with Crippen LogP contribution in [0.1, 0.15) is 36.8 Å². The lowest BCUT2D eigenvalue weighted by Crippen LogP contribution is -2.22. The number of hydrogen-bond acceptors (Lipinski definition) is 7. The van der Waals surface area contributed by atoms with Gasteiger partial charge in [-0.2, -0.15) is 10.4 Å². The Morgan fingerprint density at radius 3 is 3.00 bits per heavy atom. The van der Waals surface area contributed by atoms with Crippen molar-refractivity contribution >= 4 is 11.4 Å². The normalized spacial score (nSPS) is 14.0. The maximum atomic E-state index is 9.19. The van der Waals surface area contributed by atoms with Gasteiger partial charge in [0.05, 0.1) is 24.5 Å². The molecule has 28 heavy (non-hydrogen) atoms. The first-order valence-corrected chi connectivity index (χ1v) is 9.30. The second-order valence-corrected chi connectivity index (χ2v) is 6.55. The third-order valence-electron chi connectivity index (χ3n) is 4.34. The molecule has 144 valence electrons. The molecule has 2 aromatic rings. The first kappa shape index (κ1) is 19.3. The Bertz CT molecular complexity index is 1000.